The van der Waals surface area contributed by atoms with Crippen LogP contribution in [0.15, 0.2) is 41.4 Å². The van der Waals surface area contributed by atoms with E-state index in [9.17, 15) is 8.42 Å². The number of hydrogen-bond donors (Lipinski definition) is 2. The zero-order chi connectivity index (χ0) is 16.6. The maximum Gasteiger partial charge on any atom is 0.265 e. The molecule has 0 spiro atoms. The molecule has 0 aliphatic heterocycles. The standard InChI is InChI=1S/C16H16ClN3O2S/c1-3-11-5-4-10(2)19-16(11)20-23(21,22)15-9-18-14-8-12(17)6-7-13(14)15/h4-9,18H,3H2,1-2H3,(H,19,20). The van der Waals surface area contributed by atoms with Gasteiger partial charge >= 0.3 is 0 Å². The van der Waals surface area contributed by atoms with E-state index >= 15 is 0 Å². The van der Waals surface area contributed by atoms with Crippen LogP contribution < -0.4 is 4.72 Å². The lowest BCUT2D eigenvalue weighted by Gasteiger charge is -2.11. The van der Waals surface area contributed by atoms with Crippen molar-refractivity contribution in [1.29, 1.82) is 0 Å². The fourth-order valence-corrected chi connectivity index (χ4v) is 3.83. The summed E-state index contributed by atoms with van der Waals surface area (Å²) in [7, 11) is -3.75. The first-order valence-electron chi connectivity index (χ1n) is 7.16. The monoisotopic (exact) mass is 349 g/mol. The number of benzene rings is 1. The van der Waals surface area contributed by atoms with Gasteiger partial charge < -0.3 is 4.98 Å². The number of nitrogens with zero attached hydrogens (tertiary/aromatic N) is 1. The maximum atomic E-state index is 12.7. The number of fused-ring (bicyclic) bond motifs is 1. The van der Waals surface area contributed by atoms with Crippen LogP contribution in [0.5, 0.6) is 0 Å². The van der Waals surface area contributed by atoms with Gasteiger partial charge in [-0.05, 0) is 43.2 Å². The Morgan fingerprint density at radius 1 is 1.26 bits per heavy atom. The van der Waals surface area contributed by atoms with Crippen molar-refractivity contribution in [1.82, 2.24) is 9.97 Å². The summed E-state index contributed by atoms with van der Waals surface area (Å²) in [6.07, 6.45) is 2.15. The molecular formula is C16H16ClN3O2S. The lowest BCUT2D eigenvalue weighted by atomic mass is 10.2. The molecule has 120 valence electrons. The van der Waals surface area contributed by atoms with Gasteiger partial charge in [0, 0.05) is 27.8 Å². The second-order valence-electron chi connectivity index (χ2n) is 5.26. The number of pyridine rings is 1. The second-order valence-corrected chi connectivity index (χ2v) is 7.35. The van der Waals surface area contributed by atoms with E-state index in [0.29, 0.717) is 28.2 Å². The van der Waals surface area contributed by atoms with Gasteiger partial charge in [0.05, 0.1) is 0 Å². The Hall–Kier alpha value is -2.05. The van der Waals surface area contributed by atoms with Crippen molar-refractivity contribution in [2.75, 3.05) is 4.72 Å². The summed E-state index contributed by atoms with van der Waals surface area (Å²) in [5.74, 6) is 0.371. The van der Waals surface area contributed by atoms with E-state index in [4.69, 9.17) is 11.6 Å². The van der Waals surface area contributed by atoms with E-state index in [0.717, 1.165) is 11.3 Å². The fourth-order valence-electron chi connectivity index (χ4n) is 2.44. The molecule has 0 unspecified atom stereocenters. The minimum Gasteiger partial charge on any atom is -0.360 e. The van der Waals surface area contributed by atoms with Gasteiger partial charge in [-0.2, -0.15) is 0 Å². The molecule has 0 atom stereocenters. The van der Waals surface area contributed by atoms with Crippen LogP contribution in [0.2, 0.25) is 5.02 Å². The Morgan fingerprint density at radius 2 is 2.04 bits per heavy atom. The predicted octanol–water partition coefficient (Wildman–Crippen LogP) is 3.89. The Morgan fingerprint density at radius 3 is 2.78 bits per heavy atom. The molecule has 2 aromatic heterocycles. The zero-order valence-electron chi connectivity index (χ0n) is 12.7. The third-order valence-electron chi connectivity index (χ3n) is 3.63. The van der Waals surface area contributed by atoms with Crippen LogP contribution in [0.3, 0.4) is 0 Å². The predicted molar refractivity (Wildman–Crippen MR) is 92.5 cm³/mol. The molecule has 0 bridgehead atoms. The average molecular weight is 350 g/mol. The molecule has 0 amide bonds. The largest absolute Gasteiger partial charge is 0.360 e. The van der Waals surface area contributed by atoms with Crippen LogP contribution >= 0.6 is 11.6 Å². The minimum atomic E-state index is -3.75. The number of rotatable bonds is 4. The number of aromatic nitrogens is 2. The third-order valence-corrected chi connectivity index (χ3v) is 5.24. The maximum absolute atomic E-state index is 12.7. The highest BCUT2D eigenvalue weighted by Crippen LogP contribution is 2.27. The van der Waals surface area contributed by atoms with E-state index in [1.54, 1.807) is 18.2 Å². The summed E-state index contributed by atoms with van der Waals surface area (Å²) >= 11 is 5.93. The van der Waals surface area contributed by atoms with Crippen LogP contribution in [0, 0.1) is 6.92 Å². The normalized spacial score (nSPS) is 11.8. The lowest BCUT2D eigenvalue weighted by Crippen LogP contribution is -2.15. The van der Waals surface area contributed by atoms with Crippen molar-refractivity contribution in [3.8, 4) is 0 Å². The second kappa shape index (κ2) is 5.86. The molecule has 2 N–H and O–H groups in total. The molecule has 0 radical (unpaired) electrons. The first kappa shape index (κ1) is 15.8. The van der Waals surface area contributed by atoms with Gasteiger partial charge in [0.15, 0.2) is 0 Å². The highest BCUT2D eigenvalue weighted by Gasteiger charge is 2.21. The number of halogens is 1. The van der Waals surface area contributed by atoms with Crippen molar-refractivity contribution in [2.45, 2.75) is 25.2 Å². The summed E-state index contributed by atoms with van der Waals surface area (Å²) in [6, 6.07) is 8.80. The molecule has 0 aliphatic carbocycles. The van der Waals surface area contributed by atoms with Crippen LogP contribution in [-0.2, 0) is 16.4 Å². The number of aromatic amines is 1. The van der Waals surface area contributed by atoms with Gasteiger partial charge in [-0.3, -0.25) is 4.72 Å². The van der Waals surface area contributed by atoms with E-state index in [1.165, 1.54) is 6.20 Å². The highest BCUT2D eigenvalue weighted by atomic mass is 35.5. The van der Waals surface area contributed by atoms with Crippen molar-refractivity contribution in [2.24, 2.45) is 0 Å². The molecule has 0 aliphatic rings. The Labute approximate surface area is 139 Å². The van der Waals surface area contributed by atoms with Crippen molar-refractivity contribution < 1.29 is 8.42 Å². The average Bonchev–Trinajstić information content (AvgIpc) is 2.90. The molecule has 0 saturated heterocycles. The summed E-state index contributed by atoms with van der Waals surface area (Å²) in [5, 5.41) is 1.14. The van der Waals surface area contributed by atoms with E-state index in [2.05, 4.69) is 14.7 Å². The molecule has 23 heavy (non-hydrogen) atoms. The number of H-pyrrole nitrogens is 1. The van der Waals surface area contributed by atoms with Crippen LogP contribution in [0.25, 0.3) is 10.9 Å². The molecular weight excluding hydrogens is 334 g/mol. The van der Waals surface area contributed by atoms with Crippen molar-refractivity contribution >= 4 is 38.3 Å². The highest BCUT2D eigenvalue weighted by molar-refractivity contribution is 7.93. The SMILES string of the molecule is CCc1ccc(C)nc1NS(=O)(=O)c1c[nH]c2cc(Cl)ccc12. The third kappa shape index (κ3) is 3.04. The van der Waals surface area contributed by atoms with Gasteiger partial charge in [0.25, 0.3) is 10.0 Å². The molecule has 0 saturated carbocycles. The van der Waals surface area contributed by atoms with E-state index < -0.39 is 10.0 Å². The van der Waals surface area contributed by atoms with Crippen molar-refractivity contribution in [3.63, 3.8) is 0 Å². The van der Waals surface area contributed by atoms with Crippen LogP contribution in [-0.4, -0.2) is 18.4 Å². The Bertz CT molecular complexity index is 980. The molecule has 5 nitrogen and oxygen atoms in total. The summed E-state index contributed by atoms with van der Waals surface area (Å²) in [4.78, 5) is 7.42. The Kier molecular flexibility index (Phi) is 4.04. The zero-order valence-corrected chi connectivity index (χ0v) is 14.3. The molecule has 7 heteroatoms. The summed E-state index contributed by atoms with van der Waals surface area (Å²) in [6.45, 7) is 3.78. The molecule has 3 aromatic rings. The molecule has 1 aromatic carbocycles. The van der Waals surface area contributed by atoms with Crippen LogP contribution in [0.1, 0.15) is 18.2 Å². The number of hydrogen-bond acceptors (Lipinski definition) is 3. The van der Waals surface area contributed by atoms with Gasteiger partial charge in [-0.1, -0.05) is 24.6 Å². The first-order chi connectivity index (χ1) is 10.9. The molecule has 3 rings (SSSR count). The summed E-state index contributed by atoms with van der Waals surface area (Å²) < 4.78 is 28.1. The summed E-state index contributed by atoms with van der Waals surface area (Å²) in [5.41, 5.74) is 2.28. The van der Waals surface area contributed by atoms with Crippen LogP contribution in [0.4, 0.5) is 5.82 Å². The minimum absolute atomic E-state index is 0.175. The van der Waals surface area contributed by atoms with E-state index in [1.807, 2.05) is 26.0 Å². The molecule has 2 heterocycles. The molecule has 0 fully saturated rings. The lowest BCUT2D eigenvalue weighted by molar-refractivity contribution is 0.602. The number of sulfonamides is 1. The van der Waals surface area contributed by atoms with Crippen molar-refractivity contribution in [3.05, 3.63) is 52.8 Å². The van der Waals surface area contributed by atoms with E-state index in [-0.39, 0.29) is 4.90 Å². The topological polar surface area (TPSA) is 74.8 Å². The first-order valence-corrected chi connectivity index (χ1v) is 9.03. The smallest absolute Gasteiger partial charge is 0.265 e. The van der Waals surface area contributed by atoms with Gasteiger partial charge in [-0.15, -0.1) is 0 Å². The van der Waals surface area contributed by atoms with Gasteiger partial charge in [-0.25, -0.2) is 13.4 Å². The van der Waals surface area contributed by atoms with Gasteiger partial charge in [0.2, 0.25) is 0 Å². The number of aryl methyl sites for hydroxylation is 2. The Balaban J connectivity index is 2.06. The fraction of sp³-hybridized carbons (Fsp3) is 0.188. The van der Waals surface area contributed by atoms with Gasteiger partial charge in [0.1, 0.15) is 10.7 Å². The quantitative estimate of drug-likeness (QED) is 0.750. The number of anilines is 1. The number of nitrogens with one attached hydrogen (secondary N) is 2.